The molecule has 1 aliphatic rings. The predicted molar refractivity (Wildman–Crippen MR) is 71.8 cm³/mol. The summed E-state index contributed by atoms with van der Waals surface area (Å²) in [7, 11) is 0. The summed E-state index contributed by atoms with van der Waals surface area (Å²) < 4.78 is 1.09. The van der Waals surface area contributed by atoms with Crippen LogP contribution in [0.2, 0.25) is 0 Å². The van der Waals surface area contributed by atoms with Crippen LogP contribution in [0.15, 0.2) is 16.6 Å². The number of hydrogen-bond acceptors (Lipinski definition) is 2. The van der Waals surface area contributed by atoms with Gasteiger partial charge in [0.1, 0.15) is 5.82 Å². The number of rotatable bonds is 1. The van der Waals surface area contributed by atoms with Gasteiger partial charge < -0.3 is 4.90 Å². The number of piperidine rings is 1. The Balaban J connectivity index is 2.15. The number of hydrogen-bond donors (Lipinski definition) is 0. The van der Waals surface area contributed by atoms with E-state index in [4.69, 9.17) is 0 Å². The molecule has 0 aliphatic carbocycles. The maximum atomic E-state index is 4.63. The Morgan fingerprint density at radius 2 is 2.06 bits per heavy atom. The van der Waals surface area contributed by atoms with Crippen LogP contribution in [0.5, 0.6) is 0 Å². The smallest absolute Gasteiger partial charge is 0.128 e. The van der Waals surface area contributed by atoms with E-state index in [1.165, 1.54) is 6.42 Å². The van der Waals surface area contributed by atoms with Gasteiger partial charge in [0.2, 0.25) is 0 Å². The van der Waals surface area contributed by atoms with Crippen LogP contribution in [0.4, 0.5) is 5.82 Å². The molecule has 2 heterocycles. The fraction of sp³-hybridized carbons (Fsp3) is 0.615. The van der Waals surface area contributed by atoms with E-state index in [2.05, 4.69) is 51.8 Å². The summed E-state index contributed by atoms with van der Waals surface area (Å²) in [5.41, 5.74) is 1.07. The minimum Gasteiger partial charge on any atom is -0.356 e. The van der Waals surface area contributed by atoms with Gasteiger partial charge in [0, 0.05) is 17.6 Å². The fourth-order valence-electron chi connectivity index (χ4n) is 2.18. The number of aromatic nitrogens is 1. The summed E-state index contributed by atoms with van der Waals surface area (Å²) in [4.78, 5) is 7.04. The zero-order valence-corrected chi connectivity index (χ0v) is 11.8. The second-order valence-electron chi connectivity index (χ2n) is 4.93. The van der Waals surface area contributed by atoms with Crippen LogP contribution in [0.1, 0.15) is 26.0 Å². The summed E-state index contributed by atoms with van der Waals surface area (Å²) in [5, 5.41) is 0. The molecule has 0 saturated carbocycles. The topological polar surface area (TPSA) is 16.1 Å². The van der Waals surface area contributed by atoms with Gasteiger partial charge in [-0.15, -0.1) is 0 Å². The molecular formula is C13H19BrN2. The molecule has 2 nitrogen and oxygen atoms in total. The first-order chi connectivity index (χ1) is 7.58. The van der Waals surface area contributed by atoms with Crippen molar-refractivity contribution in [2.75, 3.05) is 18.0 Å². The van der Waals surface area contributed by atoms with Crippen LogP contribution in [0.3, 0.4) is 0 Å². The lowest BCUT2D eigenvalue weighted by Crippen LogP contribution is -2.38. The molecule has 1 fully saturated rings. The number of pyridine rings is 1. The van der Waals surface area contributed by atoms with Crippen LogP contribution in [0.25, 0.3) is 0 Å². The SMILES string of the molecule is Cc1nc(N2CCC(C)C(C)C2)ccc1Br. The zero-order chi connectivity index (χ0) is 11.7. The lowest BCUT2D eigenvalue weighted by molar-refractivity contribution is 0.323. The van der Waals surface area contributed by atoms with Crippen LogP contribution < -0.4 is 4.90 Å². The second kappa shape index (κ2) is 4.74. The van der Waals surface area contributed by atoms with Crippen molar-refractivity contribution in [3.8, 4) is 0 Å². The van der Waals surface area contributed by atoms with Crippen molar-refractivity contribution in [2.45, 2.75) is 27.2 Å². The van der Waals surface area contributed by atoms with Crippen molar-refractivity contribution in [1.29, 1.82) is 0 Å². The standard InChI is InChI=1S/C13H19BrN2/c1-9-6-7-16(8-10(9)2)13-5-4-12(14)11(3)15-13/h4-5,9-10H,6-8H2,1-3H3. The maximum Gasteiger partial charge on any atom is 0.128 e. The molecule has 0 bridgehead atoms. The van der Waals surface area contributed by atoms with Crippen molar-refractivity contribution in [3.63, 3.8) is 0 Å². The molecule has 0 aromatic carbocycles. The van der Waals surface area contributed by atoms with Gasteiger partial charge in [-0.05, 0) is 53.2 Å². The van der Waals surface area contributed by atoms with Crippen molar-refractivity contribution in [2.24, 2.45) is 11.8 Å². The van der Waals surface area contributed by atoms with E-state index in [0.29, 0.717) is 0 Å². The lowest BCUT2D eigenvalue weighted by atomic mass is 9.89. The highest BCUT2D eigenvalue weighted by Crippen LogP contribution is 2.27. The molecule has 3 heteroatoms. The number of anilines is 1. The van der Waals surface area contributed by atoms with Crippen molar-refractivity contribution in [1.82, 2.24) is 4.98 Å². The van der Waals surface area contributed by atoms with E-state index in [-0.39, 0.29) is 0 Å². The monoisotopic (exact) mass is 282 g/mol. The Hall–Kier alpha value is -0.570. The first-order valence-electron chi connectivity index (χ1n) is 5.96. The summed E-state index contributed by atoms with van der Waals surface area (Å²) in [6.45, 7) is 9.00. The first-order valence-corrected chi connectivity index (χ1v) is 6.75. The summed E-state index contributed by atoms with van der Waals surface area (Å²) in [6.07, 6.45) is 1.28. The Morgan fingerprint density at radius 1 is 1.31 bits per heavy atom. The van der Waals surface area contributed by atoms with Crippen LogP contribution in [-0.2, 0) is 0 Å². The molecule has 2 atom stereocenters. The van der Waals surface area contributed by atoms with E-state index in [9.17, 15) is 0 Å². The van der Waals surface area contributed by atoms with E-state index in [0.717, 1.165) is 40.9 Å². The van der Waals surface area contributed by atoms with E-state index < -0.39 is 0 Å². The van der Waals surface area contributed by atoms with Crippen molar-refractivity contribution < 1.29 is 0 Å². The van der Waals surface area contributed by atoms with E-state index in [1.54, 1.807) is 0 Å². The van der Waals surface area contributed by atoms with E-state index >= 15 is 0 Å². The molecule has 88 valence electrons. The maximum absolute atomic E-state index is 4.63. The average Bonchev–Trinajstić information content (AvgIpc) is 2.26. The second-order valence-corrected chi connectivity index (χ2v) is 5.78. The van der Waals surface area contributed by atoms with Crippen LogP contribution in [-0.4, -0.2) is 18.1 Å². The lowest BCUT2D eigenvalue weighted by Gasteiger charge is -2.36. The Morgan fingerprint density at radius 3 is 2.69 bits per heavy atom. The van der Waals surface area contributed by atoms with E-state index in [1.807, 2.05) is 6.92 Å². The molecule has 1 aromatic rings. The third kappa shape index (κ3) is 2.40. The number of nitrogens with zero attached hydrogens (tertiary/aromatic N) is 2. The first kappa shape index (κ1) is 11.9. The zero-order valence-electron chi connectivity index (χ0n) is 10.2. The quantitative estimate of drug-likeness (QED) is 0.782. The molecule has 0 amide bonds. The summed E-state index contributed by atoms with van der Waals surface area (Å²) >= 11 is 3.49. The van der Waals surface area contributed by atoms with Crippen molar-refractivity contribution >= 4 is 21.7 Å². The van der Waals surface area contributed by atoms with Crippen LogP contribution >= 0.6 is 15.9 Å². The van der Waals surface area contributed by atoms with Gasteiger partial charge in [-0.25, -0.2) is 4.98 Å². The number of halogens is 1. The van der Waals surface area contributed by atoms with Gasteiger partial charge in [0.15, 0.2) is 0 Å². The van der Waals surface area contributed by atoms with Gasteiger partial charge in [0.05, 0.1) is 5.69 Å². The van der Waals surface area contributed by atoms with Gasteiger partial charge in [-0.3, -0.25) is 0 Å². The molecule has 0 N–H and O–H groups in total. The molecule has 2 rings (SSSR count). The molecule has 0 radical (unpaired) electrons. The summed E-state index contributed by atoms with van der Waals surface area (Å²) in [5.74, 6) is 2.73. The molecule has 16 heavy (non-hydrogen) atoms. The normalized spacial score (nSPS) is 25.9. The predicted octanol–water partition coefficient (Wildman–Crippen LogP) is 3.63. The fourth-order valence-corrected chi connectivity index (χ4v) is 2.40. The molecular weight excluding hydrogens is 264 g/mol. The minimum atomic E-state index is 0.763. The van der Waals surface area contributed by atoms with Crippen LogP contribution in [0, 0.1) is 18.8 Å². The molecule has 1 aliphatic heterocycles. The molecule has 1 saturated heterocycles. The highest BCUT2D eigenvalue weighted by molar-refractivity contribution is 9.10. The Labute approximate surface area is 106 Å². The summed E-state index contributed by atoms with van der Waals surface area (Å²) in [6, 6.07) is 4.21. The molecule has 0 spiro atoms. The van der Waals surface area contributed by atoms with Gasteiger partial charge in [-0.2, -0.15) is 0 Å². The highest BCUT2D eigenvalue weighted by atomic mass is 79.9. The minimum absolute atomic E-state index is 0.763. The van der Waals surface area contributed by atoms with Gasteiger partial charge in [-0.1, -0.05) is 13.8 Å². The Kier molecular flexibility index (Phi) is 3.53. The largest absolute Gasteiger partial charge is 0.356 e. The van der Waals surface area contributed by atoms with Gasteiger partial charge >= 0.3 is 0 Å². The molecule has 1 aromatic heterocycles. The van der Waals surface area contributed by atoms with Gasteiger partial charge in [0.25, 0.3) is 0 Å². The Bertz CT molecular complexity index is 378. The average molecular weight is 283 g/mol. The third-order valence-corrected chi connectivity index (χ3v) is 4.50. The third-order valence-electron chi connectivity index (χ3n) is 3.66. The van der Waals surface area contributed by atoms with Crippen molar-refractivity contribution in [3.05, 3.63) is 22.3 Å². The molecule has 2 unspecified atom stereocenters. The highest BCUT2D eigenvalue weighted by Gasteiger charge is 2.23. The number of aryl methyl sites for hydroxylation is 1.